The highest BCUT2D eigenvalue weighted by Gasteiger charge is 2.59. The van der Waals surface area contributed by atoms with Gasteiger partial charge in [-0.2, -0.15) is 5.26 Å². The Bertz CT molecular complexity index is 1430. The van der Waals surface area contributed by atoms with Gasteiger partial charge in [-0.25, -0.2) is 9.29 Å². The maximum atomic E-state index is 15.1. The average molecular weight is 677 g/mol. The number of hydrogen-bond donors (Lipinski definition) is 1. The number of likely N-dealkylation sites (tertiary alicyclic amines) is 1. The number of halogens is 1. The summed E-state index contributed by atoms with van der Waals surface area (Å²) in [6.45, 7) is 7.21. The lowest BCUT2D eigenvalue weighted by molar-refractivity contribution is -0.222. The van der Waals surface area contributed by atoms with E-state index in [4.69, 9.17) is 9.47 Å². The first-order valence-electron chi connectivity index (χ1n) is 18.7. The van der Waals surface area contributed by atoms with Crippen molar-refractivity contribution >= 4 is 11.7 Å². The van der Waals surface area contributed by atoms with Gasteiger partial charge in [-0.3, -0.25) is 19.8 Å². The van der Waals surface area contributed by atoms with E-state index >= 15 is 4.39 Å². The minimum atomic E-state index is -1.09. The first-order valence-corrected chi connectivity index (χ1v) is 18.7. The topological polar surface area (TPSA) is 101 Å². The number of likely N-dealkylation sites (N-methyl/N-ethyl adjacent to an activating group) is 1. The molecule has 1 spiro atoms. The molecule has 7 rings (SSSR count). The minimum Gasteiger partial charge on any atom is -0.362 e. The molecule has 2 aliphatic carbocycles. The smallest absolute Gasteiger partial charge is 0.246 e. The number of Topliss-reactive ketones (excluding diaryl/α,β-unsaturated/α-hetero) is 1. The number of benzene rings is 1. The molecule has 0 radical (unpaired) electrons. The van der Waals surface area contributed by atoms with Crippen LogP contribution < -0.4 is 5.32 Å². The molecule has 11 heteroatoms. The van der Waals surface area contributed by atoms with E-state index in [1.54, 1.807) is 11.0 Å². The predicted molar refractivity (Wildman–Crippen MR) is 182 cm³/mol. The van der Waals surface area contributed by atoms with E-state index < -0.39 is 18.0 Å². The monoisotopic (exact) mass is 676 g/mol. The molecule has 2 saturated carbocycles. The fourth-order valence-electron chi connectivity index (χ4n) is 9.85. The molecule has 4 heterocycles. The number of piperazine rings is 1. The van der Waals surface area contributed by atoms with Crippen LogP contribution in [0.5, 0.6) is 0 Å². The summed E-state index contributed by atoms with van der Waals surface area (Å²) < 4.78 is 28.5. The van der Waals surface area contributed by atoms with Gasteiger partial charge in [0.2, 0.25) is 5.91 Å². The molecule has 1 aromatic carbocycles. The van der Waals surface area contributed by atoms with Crippen molar-refractivity contribution in [3.05, 3.63) is 47.8 Å². The highest BCUT2D eigenvalue weighted by Crippen LogP contribution is 2.45. The van der Waals surface area contributed by atoms with Crippen molar-refractivity contribution in [1.29, 1.82) is 5.26 Å². The molecule has 6 aliphatic rings. The highest BCUT2D eigenvalue weighted by atomic mass is 19.1. The first kappa shape index (κ1) is 34.7. The third-order valence-corrected chi connectivity index (χ3v) is 12.5. The Morgan fingerprint density at radius 1 is 1.14 bits per heavy atom. The molecule has 0 bridgehead atoms. The number of carbonyl (C=O) groups is 2. The number of hydrogen-bond acceptors (Lipinski definition) is 9. The number of nitrogens with zero attached hydrogens (tertiary/aromatic N) is 5. The lowest BCUT2D eigenvalue weighted by Crippen LogP contribution is -2.77. The van der Waals surface area contributed by atoms with Gasteiger partial charge in [0.15, 0.2) is 12.1 Å². The minimum absolute atomic E-state index is 0.0104. The van der Waals surface area contributed by atoms with Gasteiger partial charge in [0.1, 0.15) is 11.4 Å². The molecule has 1 N–H and O–H groups in total. The number of nitrogens with one attached hydrogen (secondary N) is 1. The zero-order valence-corrected chi connectivity index (χ0v) is 29.0. The van der Waals surface area contributed by atoms with Crippen LogP contribution in [0.2, 0.25) is 0 Å². The van der Waals surface area contributed by atoms with E-state index in [9.17, 15) is 14.9 Å². The standard InChI is InChI=1S/C38H53FN6O4/c1-3-33(46)44-21-20-43(23-28(44)16-18-40)36-30-15-17-38(22-31-26(24-49-38)10-8-14-32(31)39)35(47)34(30)41-37(48-25-29-13-9-19-42(29)2)45(36)27-11-6-4-5-7-12-27/h3,8,10,14,27-30,34,36-37,41H,1,4-7,9,11-13,15-17,19-25H2,2H3/t28?,29?,30?,34?,36?,37?,38-/m0/s1. The summed E-state index contributed by atoms with van der Waals surface area (Å²) in [4.78, 5) is 36.9. The molecule has 49 heavy (non-hydrogen) atoms. The summed E-state index contributed by atoms with van der Waals surface area (Å²) in [5.41, 5.74) is 0.312. The molecule has 0 aromatic heterocycles. The number of ether oxygens (including phenoxy) is 2. The zero-order valence-electron chi connectivity index (χ0n) is 29.0. The Balaban J connectivity index is 1.25. The molecule has 4 aliphatic heterocycles. The number of fused-ring (bicyclic) bond motifs is 2. The number of rotatable bonds is 7. The average Bonchev–Trinajstić information content (AvgIpc) is 3.34. The summed E-state index contributed by atoms with van der Waals surface area (Å²) in [6, 6.07) is 7.17. The second-order valence-corrected chi connectivity index (χ2v) is 15.3. The van der Waals surface area contributed by atoms with E-state index in [0.29, 0.717) is 44.3 Å². The fraction of sp³-hybridized carbons (Fsp3) is 0.711. The SMILES string of the molecule is C=CC(=O)N1CCN(C2C3CC[C@]4(Cc5c(F)cccc5CO4)C(=O)C3NC(OCC3CCCN3C)N2C2CCCCCC2)CC1CC#N. The van der Waals surface area contributed by atoms with Crippen LogP contribution in [-0.2, 0) is 32.1 Å². The molecule has 7 atom stereocenters. The summed E-state index contributed by atoms with van der Waals surface area (Å²) in [5.74, 6) is -0.502. The number of amides is 1. The van der Waals surface area contributed by atoms with Crippen molar-refractivity contribution in [3.63, 3.8) is 0 Å². The maximum Gasteiger partial charge on any atom is 0.246 e. The van der Waals surface area contributed by atoms with E-state index in [1.165, 1.54) is 25.0 Å². The third kappa shape index (κ3) is 6.73. The summed E-state index contributed by atoms with van der Waals surface area (Å²) in [5, 5.41) is 13.6. The Morgan fingerprint density at radius 2 is 1.96 bits per heavy atom. The highest BCUT2D eigenvalue weighted by molar-refractivity contribution is 5.94. The second kappa shape index (κ2) is 14.9. The van der Waals surface area contributed by atoms with Crippen molar-refractivity contribution in [2.45, 2.75) is 126 Å². The lowest BCUT2D eigenvalue weighted by Gasteiger charge is -2.60. The van der Waals surface area contributed by atoms with E-state index in [2.05, 4.69) is 39.7 Å². The molecule has 266 valence electrons. The summed E-state index contributed by atoms with van der Waals surface area (Å²) in [6.07, 6.45) is 11.5. The molecule has 6 unspecified atom stereocenters. The van der Waals surface area contributed by atoms with Crippen molar-refractivity contribution < 1.29 is 23.5 Å². The zero-order chi connectivity index (χ0) is 34.1. The van der Waals surface area contributed by atoms with Crippen LogP contribution >= 0.6 is 0 Å². The molecule has 5 fully saturated rings. The summed E-state index contributed by atoms with van der Waals surface area (Å²) in [7, 11) is 2.16. The molecule has 1 amide bonds. The van der Waals surface area contributed by atoms with Crippen LogP contribution in [0.25, 0.3) is 0 Å². The van der Waals surface area contributed by atoms with Crippen LogP contribution in [0.15, 0.2) is 30.9 Å². The molecule has 3 saturated heterocycles. The van der Waals surface area contributed by atoms with Crippen LogP contribution in [0, 0.1) is 23.1 Å². The van der Waals surface area contributed by atoms with Gasteiger partial charge in [0.25, 0.3) is 0 Å². The van der Waals surface area contributed by atoms with Crippen molar-refractivity contribution in [2.75, 3.05) is 39.8 Å². The predicted octanol–water partition coefficient (Wildman–Crippen LogP) is 3.95. The third-order valence-electron chi connectivity index (χ3n) is 12.5. The number of ketones is 1. The van der Waals surface area contributed by atoms with E-state index in [0.717, 1.165) is 57.1 Å². The number of nitriles is 1. The van der Waals surface area contributed by atoms with Crippen LogP contribution in [0.4, 0.5) is 4.39 Å². The van der Waals surface area contributed by atoms with Crippen LogP contribution in [0.3, 0.4) is 0 Å². The van der Waals surface area contributed by atoms with E-state index in [1.807, 2.05) is 6.07 Å². The normalized spacial score (nSPS) is 35.0. The largest absolute Gasteiger partial charge is 0.362 e. The van der Waals surface area contributed by atoms with E-state index in [-0.39, 0.29) is 61.1 Å². The van der Waals surface area contributed by atoms with Gasteiger partial charge in [-0.15, -0.1) is 0 Å². The fourth-order valence-corrected chi connectivity index (χ4v) is 9.85. The molecule has 1 aromatic rings. The van der Waals surface area contributed by atoms with Crippen LogP contribution in [-0.4, -0.2) is 113 Å². The van der Waals surface area contributed by atoms with Crippen molar-refractivity contribution in [1.82, 2.24) is 24.9 Å². The van der Waals surface area contributed by atoms with Crippen molar-refractivity contribution in [3.8, 4) is 6.07 Å². The maximum absolute atomic E-state index is 15.1. The molecular formula is C38H53FN6O4. The van der Waals surface area contributed by atoms with Gasteiger partial charge < -0.3 is 19.3 Å². The number of carbonyl (C=O) groups excluding carboxylic acids is 2. The molecular weight excluding hydrogens is 623 g/mol. The van der Waals surface area contributed by atoms with Gasteiger partial charge in [-0.05, 0) is 75.4 Å². The lowest BCUT2D eigenvalue weighted by atomic mass is 9.68. The Morgan fingerprint density at radius 3 is 2.69 bits per heavy atom. The van der Waals surface area contributed by atoms with Crippen molar-refractivity contribution in [2.24, 2.45) is 5.92 Å². The first-order chi connectivity index (χ1) is 23.8. The Labute approximate surface area is 290 Å². The Kier molecular flexibility index (Phi) is 10.5. The summed E-state index contributed by atoms with van der Waals surface area (Å²) >= 11 is 0. The Hall–Kier alpha value is -2.72. The van der Waals surface area contributed by atoms with Gasteiger partial charge in [-0.1, -0.05) is 44.4 Å². The second-order valence-electron chi connectivity index (χ2n) is 15.3. The van der Waals surface area contributed by atoms with Crippen LogP contribution in [0.1, 0.15) is 81.8 Å². The molecule has 10 nitrogen and oxygen atoms in total. The quantitative estimate of drug-likeness (QED) is 0.340. The van der Waals surface area contributed by atoms with Gasteiger partial charge in [0, 0.05) is 44.1 Å². The van der Waals surface area contributed by atoms with Gasteiger partial charge in [0.05, 0.1) is 44.0 Å². The van der Waals surface area contributed by atoms with Gasteiger partial charge >= 0.3 is 0 Å².